The molecule has 0 fully saturated rings. The number of benzene rings is 1. The van der Waals surface area contributed by atoms with Crippen LogP contribution in [0.2, 0.25) is 0 Å². The highest BCUT2D eigenvalue weighted by Crippen LogP contribution is 2.12. The SMILES string of the molecule is C=Cc1ccccc1CC/C=C/C. The molecule has 0 saturated carbocycles. The van der Waals surface area contributed by atoms with Gasteiger partial charge < -0.3 is 0 Å². The van der Waals surface area contributed by atoms with Gasteiger partial charge in [-0.3, -0.25) is 0 Å². The normalized spacial score (nSPS) is 10.5. The number of rotatable bonds is 4. The Morgan fingerprint density at radius 1 is 1.31 bits per heavy atom. The molecule has 0 atom stereocenters. The lowest BCUT2D eigenvalue weighted by Crippen LogP contribution is -1.87. The van der Waals surface area contributed by atoms with Crippen LogP contribution >= 0.6 is 0 Å². The van der Waals surface area contributed by atoms with Crippen molar-refractivity contribution < 1.29 is 0 Å². The van der Waals surface area contributed by atoms with Crippen LogP contribution in [-0.2, 0) is 6.42 Å². The van der Waals surface area contributed by atoms with E-state index in [9.17, 15) is 0 Å². The first kappa shape index (κ1) is 9.79. The Kier molecular flexibility index (Phi) is 4.04. The summed E-state index contributed by atoms with van der Waals surface area (Å²) in [6, 6.07) is 8.41. The van der Waals surface area contributed by atoms with E-state index in [4.69, 9.17) is 0 Å². The molecule has 1 rings (SSSR count). The van der Waals surface area contributed by atoms with Crippen LogP contribution in [0.3, 0.4) is 0 Å². The van der Waals surface area contributed by atoms with Gasteiger partial charge in [-0.15, -0.1) is 0 Å². The third kappa shape index (κ3) is 2.90. The molecule has 0 aliphatic rings. The van der Waals surface area contributed by atoms with E-state index in [-0.39, 0.29) is 0 Å². The van der Waals surface area contributed by atoms with Crippen LogP contribution in [0.25, 0.3) is 6.08 Å². The molecule has 13 heavy (non-hydrogen) atoms. The third-order valence-electron chi connectivity index (χ3n) is 2.09. The maximum atomic E-state index is 3.80. The van der Waals surface area contributed by atoms with Crippen molar-refractivity contribution in [3.05, 3.63) is 54.1 Å². The Bertz CT molecular complexity index is 295. The number of hydrogen-bond donors (Lipinski definition) is 0. The molecule has 0 amide bonds. The first-order chi connectivity index (χ1) is 6.38. The summed E-state index contributed by atoms with van der Waals surface area (Å²) in [5.41, 5.74) is 2.64. The minimum absolute atomic E-state index is 1.10. The third-order valence-corrected chi connectivity index (χ3v) is 2.09. The van der Waals surface area contributed by atoms with E-state index in [1.807, 2.05) is 6.08 Å². The summed E-state index contributed by atoms with van der Waals surface area (Å²) >= 11 is 0. The van der Waals surface area contributed by atoms with Gasteiger partial charge in [0.05, 0.1) is 0 Å². The van der Waals surface area contributed by atoms with E-state index in [1.165, 1.54) is 11.1 Å². The largest absolute Gasteiger partial charge is 0.0985 e. The van der Waals surface area contributed by atoms with Gasteiger partial charge in [0.15, 0.2) is 0 Å². The van der Waals surface area contributed by atoms with Crippen LogP contribution in [0.15, 0.2) is 43.0 Å². The van der Waals surface area contributed by atoms with Gasteiger partial charge >= 0.3 is 0 Å². The van der Waals surface area contributed by atoms with Crippen LogP contribution in [0.5, 0.6) is 0 Å². The van der Waals surface area contributed by atoms with Crippen molar-refractivity contribution in [2.24, 2.45) is 0 Å². The average molecular weight is 172 g/mol. The first-order valence-corrected chi connectivity index (χ1v) is 4.70. The van der Waals surface area contributed by atoms with Crippen molar-refractivity contribution in [3.63, 3.8) is 0 Å². The maximum Gasteiger partial charge on any atom is -0.0230 e. The second-order valence-corrected chi connectivity index (χ2v) is 3.01. The lowest BCUT2D eigenvalue weighted by molar-refractivity contribution is 0.996. The Hall–Kier alpha value is -1.30. The Labute approximate surface area is 80.6 Å². The predicted octanol–water partition coefficient (Wildman–Crippen LogP) is 3.84. The molecule has 0 heteroatoms. The lowest BCUT2D eigenvalue weighted by atomic mass is 10.0. The lowest BCUT2D eigenvalue weighted by Gasteiger charge is -2.02. The Morgan fingerprint density at radius 3 is 2.77 bits per heavy atom. The highest BCUT2D eigenvalue weighted by Gasteiger charge is 1.95. The molecule has 0 nitrogen and oxygen atoms in total. The van der Waals surface area contributed by atoms with Crippen LogP contribution in [0.4, 0.5) is 0 Å². The standard InChI is InChI=1S/C13H16/c1-3-5-6-10-13-11-8-7-9-12(13)4-2/h3-5,7-9,11H,2,6,10H2,1H3/b5-3+. The van der Waals surface area contributed by atoms with Crippen molar-refractivity contribution in [1.82, 2.24) is 0 Å². The van der Waals surface area contributed by atoms with Crippen molar-refractivity contribution in [2.75, 3.05) is 0 Å². The summed E-state index contributed by atoms with van der Waals surface area (Å²) in [7, 11) is 0. The second-order valence-electron chi connectivity index (χ2n) is 3.01. The summed E-state index contributed by atoms with van der Waals surface area (Å²) in [6.45, 7) is 5.86. The monoisotopic (exact) mass is 172 g/mol. The summed E-state index contributed by atoms with van der Waals surface area (Å²) < 4.78 is 0. The minimum Gasteiger partial charge on any atom is -0.0985 e. The van der Waals surface area contributed by atoms with E-state index < -0.39 is 0 Å². The van der Waals surface area contributed by atoms with Gasteiger partial charge in [-0.25, -0.2) is 0 Å². The maximum absolute atomic E-state index is 3.80. The molecule has 0 aliphatic carbocycles. The fourth-order valence-electron chi connectivity index (χ4n) is 1.37. The predicted molar refractivity (Wildman–Crippen MR) is 59.7 cm³/mol. The molecule has 1 aromatic rings. The van der Waals surface area contributed by atoms with Crippen molar-refractivity contribution in [3.8, 4) is 0 Å². The fourth-order valence-corrected chi connectivity index (χ4v) is 1.37. The molecular formula is C13H16. The Balaban J connectivity index is 2.69. The van der Waals surface area contributed by atoms with E-state index in [0.29, 0.717) is 0 Å². The summed E-state index contributed by atoms with van der Waals surface area (Å²) in [5.74, 6) is 0. The number of allylic oxidation sites excluding steroid dienone is 2. The molecule has 0 radical (unpaired) electrons. The van der Waals surface area contributed by atoms with E-state index in [0.717, 1.165) is 12.8 Å². The van der Waals surface area contributed by atoms with Crippen molar-refractivity contribution in [2.45, 2.75) is 19.8 Å². The quantitative estimate of drug-likeness (QED) is 0.605. The second kappa shape index (κ2) is 5.36. The van der Waals surface area contributed by atoms with Crippen LogP contribution in [0, 0.1) is 0 Å². The fraction of sp³-hybridized carbons (Fsp3) is 0.231. The molecule has 0 N–H and O–H groups in total. The van der Waals surface area contributed by atoms with Crippen LogP contribution in [-0.4, -0.2) is 0 Å². The molecule has 0 bridgehead atoms. The van der Waals surface area contributed by atoms with Gasteiger partial charge in [-0.05, 0) is 30.9 Å². The van der Waals surface area contributed by atoms with Crippen molar-refractivity contribution >= 4 is 6.08 Å². The van der Waals surface area contributed by atoms with Gasteiger partial charge in [0.2, 0.25) is 0 Å². The summed E-state index contributed by atoms with van der Waals surface area (Å²) in [4.78, 5) is 0. The van der Waals surface area contributed by atoms with Gasteiger partial charge in [0, 0.05) is 0 Å². The van der Waals surface area contributed by atoms with Gasteiger partial charge in [-0.1, -0.05) is 49.1 Å². The molecule has 0 aliphatic heterocycles. The van der Waals surface area contributed by atoms with Crippen molar-refractivity contribution in [1.29, 1.82) is 0 Å². The molecule has 0 saturated heterocycles. The minimum atomic E-state index is 1.10. The van der Waals surface area contributed by atoms with E-state index in [2.05, 4.69) is 49.9 Å². The van der Waals surface area contributed by atoms with E-state index >= 15 is 0 Å². The van der Waals surface area contributed by atoms with Gasteiger partial charge in [0.1, 0.15) is 0 Å². The molecule has 0 spiro atoms. The molecule has 68 valence electrons. The first-order valence-electron chi connectivity index (χ1n) is 4.70. The highest BCUT2D eigenvalue weighted by molar-refractivity contribution is 5.51. The summed E-state index contributed by atoms with van der Waals surface area (Å²) in [5, 5.41) is 0. The molecule has 0 unspecified atom stereocenters. The zero-order valence-electron chi connectivity index (χ0n) is 8.16. The molecule has 0 heterocycles. The molecular weight excluding hydrogens is 156 g/mol. The topological polar surface area (TPSA) is 0 Å². The molecule has 0 aromatic heterocycles. The van der Waals surface area contributed by atoms with E-state index in [1.54, 1.807) is 0 Å². The zero-order valence-corrected chi connectivity index (χ0v) is 8.16. The number of hydrogen-bond acceptors (Lipinski definition) is 0. The zero-order chi connectivity index (χ0) is 9.52. The number of aryl methyl sites for hydroxylation is 1. The highest BCUT2D eigenvalue weighted by atomic mass is 14.0. The van der Waals surface area contributed by atoms with Gasteiger partial charge in [-0.2, -0.15) is 0 Å². The van der Waals surface area contributed by atoms with Crippen LogP contribution < -0.4 is 0 Å². The van der Waals surface area contributed by atoms with Crippen LogP contribution in [0.1, 0.15) is 24.5 Å². The smallest absolute Gasteiger partial charge is 0.0230 e. The molecule has 1 aromatic carbocycles. The average Bonchev–Trinajstić information content (AvgIpc) is 2.19. The summed E-state index contributed by atoms with van der Waals surface area (Å²) in [6.07, 6.45) is 8.43. The van der Waals surface area contributed by atoms with Gasteiger partial charge in [0.25, 0.3) is 0 Å². The Morgan fingerprint density at radius 2 is 2.08 bits per heavy atom.